The lowest BCUT2D eigenvalue weighted by atomic mass is 10.00. The summed E-state index contributed by atoms with van der Waals surface area (Å²) in [5.41, 5.74) is 3.14. The molecule has 1 aliphatic heterocycles. The lowest BCUT2D eigenvalue weighted by Gasteiger charge is -2.32. The Bertz CT molecular complexity index is 707. The van der Waals surface area contributed by atoms with E-state index < -0.39 is 11.8 Å². The standard InChI is InChI=1S/C15H16FNO3/c1-8-4-5-11(16)12-10-6-7-19-15(3,20-9(2)18)14(10)17-13(8)12/h4-5,17H,6-7H2,1-3H3. The minimum Gasteiger partial charge on any atom is -0.427 e. The largest absolute Gasteiger partial charge is 0.427 e. The summed E-state index contributed by atoms with van der Waals surface area (Å²) in [6.07, 6.45) is 0.590. The van der Waals surface area contributed by atoms with E-state index in [1.807, 2.05) is 6.92 Å². The molecule has 0 bridgehead atoms. The fraction of sp³-hybridized carbons (Fsp3) is 0.400. The second-order valence-corrected chi connectivity index (χ2v) is 5.23. The fourth-order valence-corrected chi connectivity index (χ4v) is 2.88. The summed E-state index contributed by atoms with van der Waals surface area (Å²) in [7, 11) is 0. The monoisotopic (exact) mass is 277 g/mol. The average molecular weight is 277 g/mol. The van der Waals surface area contributed by atoms with Crippen LogP contribution in [0.5, 0.6) is 0 Å². The molecule has 0 spiro atoms. The van der Waals surface area contributed by atoms with E-state index in [1.54, 1.807) is 13.0 Å². The molecule has 1 aromatic heterocycles. The van der Waals surface area contributed by atoms with Gasteiger partial charge in [0, 0.05) is 19.2 Å². The molecule has 4 nitrogen and oxygen atoms in total. The van der Waals surface area contributed by atoms with Crippen LogP contribution in [0.25, 0.3) is 10.9 Å². The molecule has 2 heterocycles. The molecule has 1 atom stereocenters. The summed E-state index contributed by atoms with van der Waals surface area (Å²) < 4.78 is 25.0. The second-order valence-electron chi connectivity index (χ2n) is 5.23. The molecule has 106 valence electrons. The van der Waals surface area contributed by atoms with Gasteiger partial charge in [-0.1, -0.05) is 6.07 Å². The number of aromatic nitrogens is 1. The number of aromatic amines is 1. The molecule has 0 aliphatic carbocycles. The van der Waals surface area contributed by atoms with Gasteiger partial charge in [0.15, 0.2) is 0 Å². The number of aryl methyl sites for hydroxylation is 1. The van der Waals surface area contributed by atoms with E-state index >= 15 is 0 Å². The Labute approximate surface area is 115 Å². The summed E-state index contributed by atoms with van der Waals surface area (Å²) in [5, 5.41) is 0.571. The highest BCUT2D eigenvalue weighted by molar-refractivity contribution is 5.88. The number of nitrogens with one attached hydrogen (secondary N) is 1. The molecular weight excluding hydrogens is 261 g/mol. The van der Waals surface area contributed by atoms with Gasteiger partial charge in [0.2, 0.25) is 0 Å². The lowest BCUT2D eigenvalue weighted by Crippen LogP contribution is -2.36. The Balaban J connectivity index is 2.28. The Hall–Kier alpha value is -1.88. The number of rotatable bonds is 1. The zero-order valence-electron chi connectivity index (χ0n) is 11.7. The van der Waals surface area contributed by atoms with Crippen LogP contribution < -0.4 is 0 Å². The predicted molar refractivity (Wildman–Crippen MR) is 71.8 cm³/mol. The molecule has 0 saturated heterocycles. The third kappa shape index (κ3) is 1.81. The first-order chi connectivity index (χ1) is 9.42. The molecule has 1 N–H and O–H groups in total. The first kappa shape index (κ1) is 13.1. The maximum absolute atomic E-state index is 14.1. The number of hydrogen-bond donors (Lipinski definition) is 1. The van der Waals surface area contributed by atoms with Crippen LogP contribution >= 0.6 is 0 Å². The van der Waals surface area contributed by atoms with Crippen molar-refractivity contribution in [3.05, 3.63) is 34.8 Å². The SMILES string of the molecule is CC(=O)OC1(C)OCCc2c1[nH]c1c(C)ccc(F)c21. The number of fused-ring (bicyclic) bond motifs is 3. The molecule has 20 heavy (non-hydrogen) atoms. The van der Waals surface area contributed by atoms with Gasteiger partial charge >= 0.3 is 5.97 Å². The maximum Gasteiger partial charge on any atom is 0.305 e. The van der Waals surface area contributed by atoms with Crippen molar-refractivity contribution in [1.82, 2.24) is 4.98 Å². The number of esters is 1. The van der Waals surface area contributed by atoms with E-state index in [4.69, 9.17) is 9.47 Å². The maximum atomic E-state index is 14.1. The van der Waals surface area contributed by atoms with Crippen molar-refractivity contribution in [2.45, 2.75) is 33.0 Å². The predicted octanol–water partition coefficient (Wildman–Crippen LogP) is 2.92. The van der Waals surface area contributed by atoms with E-state index in [9.17, 15) is 9.18 Å². The Morgan fingerprint density at radius 2 is 2.25 bits per heavy atom. The van der Waals surface area contributed by atoms with E-state index in [-0.39, 0.29) is 5.82 Å². The summed E-state index contributed by atoms with van der Waals surface area (Å²) in [6, 6.07) is 3.19. The van der Waals surface area contributed by atoms with Crippen LogP contribution in [-0.2, 0) is 26.5 Å². The number of ether oxygens (including phenoxy) is 2. The van der Waals surface area contributed by atoms with Crippen LogP contribution in [-0.4, -0.2) is 17.6 Å². The van der Waals surface area contributed by atoms with Crippen molar-refractivity contribution < 1.29 is 18.7 Å². The molecule has 2 aromatic rings. The van der Waals surface area contributed by atoms with Crippen molar-refractivity contribution in [1.29, 1.82) is 0 Å². The summed E-state index contributed by atoms with van der Waals surface area (Å²) >= 11 is 0. The first-order valence-electron chi connectivity index (χ1n) is 6.56. The number of carbonyl (C=O) groups excluding carboxylic acids is 1. The zero-order valence-corrected chi connectivity index (χ0v) is 11.7. The highest BCUT2D eigenvalue weighted by atomic mass is 19.1. The molecule has 1 aliphatic rings. The van der Waals surface area contributed by atoms with E-state index in [2.05, 4.69) is 4.98 Å². The number of carbonyl (C=O) groups is 1. The lowest BCUT2D eigenvalue weighted by molar-refractivity contribution is -0.234. The average Bonchev–Trinajstić information content (AvgIpc) is 2.75. The highest BCUT2D eigenvalue weighted by Crippen LogP contribution is 2.39. The summed E-state index contributed by atoms with van der Waals surface area (Å²) in [6.45, 7) is 5.30. The number of benzene rings is 1. The van der Waals surface area contributed by atoms with Crippen molar-refractivity contribution in [2.75, 3.05) is 6.61 Å². The third-order valence-electron chi connectivity index (χ3n) is 3.74. The Morgan fingerprint density at radius 1 is 1.50 bits per heavy atom. The first-order valence-corrected chi connectivity index (χ1v) is 6.56. The summed E-state index contributed by atoms with van der Waals surface area (Å²) in [4.78, 5) is 14.5. The fourth-order valence-electron chi connectivity index (χ4n) is 2.88. The van der Waals surface area contributed by atoms with E-state index in [1.165, 1.54) is 13.0 Å². The summed E-state index contributed by atoms with van der Waals surface area (Å²) in [5.74, 6) is -1.89. The number of hydrogen-bond acceptors (Lipinski definition) is 3. The molecule has 0 radical (unpaired) electrons. The van der Waals surface area contributed by atoms with Crippen LogP contribution in [0.2, 0.25) is 0 Å². The van der Waals surface area contributed by atoms with Gasteiger partial charge in [0.1, 0.15) is 5.82 Å². The minimum absolute atomic E-state index is 0.268. The molecule has 1 unspecified atom stereocenters. The van der Waals surface area contributed by atoms with Gasteiger partial charge in [0.25, 0.3) is 5.79 Å². The normalized spacial score (nSPS) is 21.8. The van der Waals surface area contributed by atoms with Gasteiger partial charge in [-0.15, -0.1) is 0 Å². The zero-order chi connectivity index (χ0) is 14.5. The van der Waals surface area contributed by atoms with Crippen molar-refractivity contribution >= 4 is 16.9 Å². The number of H-pyrrole nitrogens is 1. The quantitative estimate of drug-likeness (QED) is 0.815. The van der Waals surface area contributed by atoms with Gasteiger partial charge < -0.3 is 14.5 Å². The topological polar surface area (TPSA) is 51.3 Å². The van der Waals surface area contributed by atoms with Crippen molar-refractivity contribution in [2.24, 2.45) is 0 Å². The van der Waals surface area contributed by atoms with Gasteiger partial charge in [-0.3, -0.25) is 4.79 Å². The van der Waals surface area contributed by atoms with E-state index in [0.717, 1.165) is 16.6 Å². The van der Waals surface area contributed by atoms with Crippen LogP contribution in [0.3, 0.4) is 0 Å². The second kappa shape index (κ2) is 4.31. The Morgan fingerprint density at radius 3 is 2.95 bits per heavy atom. The van der Waals surface area contributed by atoms with Crippen LogP contribution in [0.4, 0.5) is 4.39 Å². The Kier molecular flexibility index (Phi) is 2.83. The van der Waals surface area contributed by atoms with Crippen molar-refractivity contribution in [3.8, 4) is 0 Å². The number of halogens is 1. The van der Waals surface area contributed by atoms with Gasteiger partial charge in [0.05, 0.1) is 17.8 Å². The van der Waals surface area contributed by atoms with Crippen molar-refractivity contribution in [3.63, 3.8) is 0 Å². The van der Waals surface area contributed by atoms with Gasteiger partial charge in [-0.05, 0) is 30.5 Å². The minimum atomic E-state index is -1.18. The van der Waals surface area contributed by atoms with E-state index in [0.29, 0.717) is 24.1 Å². The molecule has 1 aromatic carbocycles. The molecule has 0 saturated carbocycles. The highest BCUT2D eigenvalue weighted by Gasteiger charge is 2.39. The molecule has 5 heteroatoms. The smallest absolute Gasteiger partial charge is 0.305 e. The van der Waals surface area contributed by atoms with Crippen LogP contribution in [0.15, 0.2) is 12.1 Å². The van der Waals surface area contributed by atoms with Crippen LogP contribution in [0, 0.1) is 12.7 Å². The van der Waals surface area contributed by atoms with Crippen LogP contribution in [0.1, 0.15) is 30.7 Å². The van der Waals surface area contributed by atoms with Gasteiger partial charge in [-0.25, -0.2) is 4.39 Å². The molecule has 0 amide bonds. The molecular formula is C15H16FNO3. The van der Waals surface area contributed by atoms with Gasteiger partial charge in [-0.2, -0.15) is 0 Å². The molecule has 0 fully saturated rings. The molecule has 3 rings (SSSR count). The third-order valence-corrected chi connectivity index (χ3v) is 3.74.